The Kier molecular flexibility index (Phi) is 3.91. The lowest BCUT2D eigenvalue weighted by Gasteiger charge is -2.00. The molecule has 1 aliphatic rings. The molecule has 0 saturated carbocycles. The van der Waals surface area contributed by atoms with Crippen molar-refractivity contribution in [3.63, 3.8) is 0 Å². The molecule has 4 heteroatoms. The van der Waals surface area contributed by atoms with Crippen LogP contribution in [0.15, 0.2) is 27.6 Å². The van der Waals surface area contributed by atoms with Gasteiger partial charge >= 0.3 is 0 Å². The van der Waals surface area contributed by atoms with Crippen molar-refractivity contribution in [2.24, 2.45) is 10.1 Å². The highest BCUT2D eigenvalue weighted by Crippen LogP contribution is 2.06. The minimum Gasteiger partial charge on any atom is -0.271 e. The van der Waals surface area contributed by atoms with Crippen LogP contribution in [-0.4, -0.2) is 18.6 Å². The molecule has 1 aliphatic heterocycles. The summed E-state index contributed by atoms with van der Waals surface area (Å²) in [6.07, 6.45) is 6.59. The van der Waals surface area contributed by atoms with Gasteiger partial charge in [0.2, 0.25) is 0 Å². The Hall–Kier alpha value is -1.16. The summed E-state index contributed by atoms with van der Waals surface area (Å²) < 4.78 is 0. The molecule has 2 rings (SSSR count). The van der Waals surface area contributed by atoms with E-state index in [0.29, 0.717) is 0 Å². The van der Waals surface area contributed by atoms with E-state index in [1.165, 1.54) is 19.3 Å². The van der Waals surface area contributed by atoms with Crippen molar-refractivity contribution in [2.75, 3.05) is 6.54 Å². The molecule has 0 aliphatic carbocycles. The molecule has 0 radical (unpaired) electrons. The number of hydrogen-bond acceptors (Lipinski definition) is 4. The molecule has 2 heterocycles. The van der Waals surface area contributed by atoms with Crippen molar-refractivity contribution < 1.29 is 0 Å². The monoisotopic (exact) mass is 221 g/mol. The van der Waals surface area contributed by atoms with E-state index >= 15 is 0 Å². The van der Waals surface area contributed by atoms with Crippen molar-refractivity contribution in [1.29, 1.82) is 0 Å². The van der Waals surface area contributed by atoms with E-state index in [-0.39, 0.29) is 0 Å². The Morgan fingerprint density at radius 1 is 1.40 bits per heavy atom. The molecule has 15 heavy (non-hydrogen) atoms. The lowest BCUT2D eigenvalue weighted by Crippen LogP contribution is -2.17. The molecular weight excluding hydrogens is 206 g/mol. The van der Waals surface area contributed by atoms with E-state index in [4.69, 9.17) is 0 Å². The fourth-order valence-corrected chi connectivity index (χ4v) is 2.09. The molecule has 0 amide bonds. The predicted molar refractivity (Wildman–Crippen MR) is 65.8 cm³/mol. The average molecular weight is 221 g/mol. The molecule has 0 bridgehead atoms. The van der Waals surface area contributed by atoms with Crippen LogP contribution in [0.2, 0.25) is 0 Å². The Morgan fingerprint density at radius 3 is 3.27 bits per heavy atom. The van der Waals surface area contributed by atoms with E-state index < -0.39 is 0 Å². The van der Waals surface area contributed by atoms with Gasteiger partial charge in [0, 0.05) is 17.8 Å². The van der Waals surface area contributed by atoms with Gasteiger partial charge in [0.05, 0.1) is 6.21 Å². The zero-order chi connectivity index (χ0) is 10.3. The molecule has 0 saturated heterocycles. The summed E-state index contributed by atoms with van der Waals surface area (Å²) in [5.74, 6) is 1.03. The summed E-state index contributed by atoms with van der Waals surface area (Å²) in [6.45, 7) is 0.941. The topological polar surface area (TPSA) is 36.8 Å². The summed E-state index contributed by atoms with van der Waals surface area (Å²) in [5, 5.41) is 6.23. The van der Waals surface area contributed by atoms with Gasteiger partial charge in [-0.1, -0.05) is 12.5 Å². The number of aliphatic imine (C=N–C) groups is 1. The van der Waals surface area contributed by atoms with Crippen LogP contribution >= 0.6 is 11.3 Å². The van der Waals surface area contributed by atoms with Crippen LogP contribution in [-0.2, 0) is 0 Å². The summed E-state index contributed by atoms with van der Waals surface area (Å²) in [6, 6.07) is 4.07. The average Bonchev–Trinajstić information content (AvgIpc) is 2.62. The minimum absolute atomic E-state index is 0.941. The van der Waals surface area contributed by atoms with Crippen molar-refractivity contribution in [1.82, 2.24) is 5.43 Å². The quantitative estimate of drug-likeness (QED) is 0.605. The smallest absolute Gasteiger partial charge is 0.117 e. The van der Waals surface area contributed by atoms with Gasteiger partial charge in [-0.25, -0.2) is 0 Å². The second-order valence-corrected chi connectivity index (χ2v) is 4.50. The molecule has 0 spiro atoms. The van der Waals surface area contributed by atoms with Crippen molar-refractivity contribution >= 4 is 23.4 Å². The normalized spacial score (nSPS) is 17.5. The van der Waals surface area contributed by atoms with Crippen LogP contribution in [0, 0.1) is 0 Å². The highest BCUT2D eigenvalue weighted by Gasteiger charge is 2.01. The Bertz CT molecular complexity index is 341. The minimum atomic E-state index is 0.941. The van der Waals surface area contributed by atoms with Gasteiger partial charge in [0.1, 0.15) is 5.84 Å². The van der Waals surface area contributed by atoms with Crippen LogP contribution in [0.3, 0.4) is 0 Å². The van der Waals surface area contributed by atoms with E-state index in [2.05, 4.69) is 15.5 Å². The number of rotatable bonds is 2. The van der Waals surface area contributed by atoms with Crippen LogP contribution in [0.25, 0.3) is 0 Å². The van der Waals surface area contributed by atoms with Crippen molar-refractivity contribution in [3.8, 4) is 0 Å². The Balaban J connectivity index is 1.84. The zero-order valence-corrected chi connectivity index (χ0v) is 9.46. The first-order valence-corrected chi connectivity index (χ1v) is 6.19. The maximum absolute atomic E-state index is 4.44. The number of hydrazone groups is 1. The number of thiophene rings is 1. The van der Waals surface area contributed by atoms with Gasteiger partial charge in [0.15, 0.2) is 0 Å². The van der Waals surface area contributed by atoms with Crippen LogP contribution < -0.4 is 5.43 Å². The second-order valence-electron chi connectivity index (χ2n) is 3.52. The molecule has 0 fully saturated rings. The first kappa shape index (κ1) is 10.4. The molecule has 0 atom stereocenters. The Labute approximate surface area is 93.9 Å². The molecule has 1 aromatic rings. The van der Waals surface area contributed by atoms with E-state index in [0.717, 1.165) is 23.7 Å². The summed E-state index contributed by atoms with van der Waals surface area (Å²) in [4.78, 5) is 5.60. The number of hydrogen-bond donors (Lipinski definition) is 1. The van der Waals surface area contributed by atoms with E-state index in [1.807, 2.05) is 23.7 Å². The molecule has 1 N–H and O–H groups in total. The third kappa shape index (κ3) is 3.47. The molecular formula is C11H15N3S. The fourth-order valence-electron chi connectivity index (χ4n) is 1.50. The first-order valence-electron chi connectivity index (χ1n) is 5.31. The van der Waals surface area contributed by atoms with Crippen LogP contribution in [0.5, 0.6) is 0 Å². The zero-order valence-electron chi connectivity index (χ0n) is 8.65. The largest absolute Gasteiger partial charge is 0.271 e. The van der Waals surface area contributed by atoms with Crippen molar-refractivity contribution in [2.45, 2.75) is 25.7 Å². The third-order valence-electron chi connectivity index (χ3n) is 2.30. The number of amidine groups is 1. The molecule has 3 nitrogen and oxygen atoms in total. The molecule has 1 aromatic heterocycles. The lowest BCUT2D eigenvalue weighted by atomic mass is 10.2. The van der Waals surface area contributed by atoms with Gasteiger partial charge < -0.3 is 0 Å². The molecule has 0 aromatic carbocycles. The van der Waals surface area contributed by atoms with Gasteiger partial charge in [-0.3, -0.25) is 10.4 Å². The lowest BCUT2D eigenvalue weighted by molar-refractivity contribution is 0.729. The summed E-state index contributed by atoms with van der Waals surface area (Å²) in [7, 11) is 0. The maximum Gasteiger partial charge on any atom is 0.117 e. The van der Waals surface area contributed by atoms with Crippen molar-refractivity contribution in [3.05, 3.63) is 22.4 Å². The SMILES string of the molecule is C(=N/NC1=NCCCCC1)/c1cccs1. The number of nitrogens with one attached hydrogen (secondary N) is 1. The first-order chi connectivity index (χ1) is 7.45. The highest BCUT2D eigenvalue weighted by atomic mass is 32.1. The Morgan fingerprint density at radius 2 is 2.40 bits per heavy atom. The van der Waals surface area contributed by atoms with Crippen LogP contribution in [0.4, 0.5) is 0 Å². The highest BCUT2D eigenvalue weighted by molar-refractivity contribution is 7.11. The molecule has 80 valence electrons. The van der Waals surface area contributed by atoms with Gasteiger partial charge in [0.25, 0.3) is 0 Å². The van der Waals surface area contributed by atoms with Crippen LogP contribution in [0.1, 0.15) is 30.6 Å². The van der Waals surface area contributed by atoms with E-state index in [1.54, 1.807) is 11.3 Å². The third-order valence-corrected chi connectivity index (χ3v) is 3.11. The van der Waals surface area contributed by atoms with Gasteiger partial charge in [-0.15, -0.1) is 11.3 Å². The van der Waals surface area contributed by atoms with Gasteiger partial charge in [-0.05, 0) is 24.3 Å². The fraction of sp³-hybridized carbons (Fsp3) is 0.455. The van der Waals surface area contributed by atoms with E-state index in [9.17, 15) is 0 Å². The predicted octanol–water partition coefficient (Wildman–Crippen LogP) is 2.64. The maximum atomic E-state index is 4.44. The van der Waals surface area contributed by atoms with Gasteiger partial charge in [-0.2, -0.15) is 5.10 Å². The standard InChI is InChI=1S/C11H15N3S/c1-2-6-11(12-7-3-1)14-13-9-10-5-4-8-15-10/h4-5,8-9H,1-3,6-7H2,(H,12,14)/b13-9-. The number of nitrogens with zero attached hydrogens (tertiary/aromatic N) is 2. The second kappa shape index (κ2) is 5.66. The summed E-state index contributed by atoms with van der Waals surface area (Å²) in [5.41, 5.74) is 3.03. The summed E-state index contributed by atoms with van der Waals surface area (Å²) >= 11 is 1.68. The molecule has 0 unspecified atom stereocenters.